The van der Waals surface area contributed by atoms with Crippen LogP contribution < -0.4 is 0 Å². The smallest absolute Gasteiger partial charge is 0.115 e. The Morgan fingerprint density at radius 1 is 0.923 bits per heavy atom. The van der Waals surface area contributed by atoms with E-state index in [0.29, 0.717) is 11.8 Å². The van der Waals surface area contributed by atoms with Gasteiger partial charge in [0.05, 0.1) is 0 Å². The average molecular weight is 346 g/mol. The van der Waals surface area contributed by atoms with Crippen molar-refractivity contribution in [2.75, 3.05) is 6.61 Å². The minimum absolute atomic E-state index is 0.125. The van der Waals surface area contributed by atoms with Gasteiger partial charge in [0.1, 0.15) is 12.4 Å². The lowest BCUT2D eigenvalue weighted by molar-refractivity contribution is 0.350. The third-order valence-corrected chi connectivity index (χ3v) is 4.99. The van der Waals surface area contributed by atoms with E-state index in [1.54, 1.807) is 12.1 Å². The molecular weight excluding hydrogens is 320 g/mol. The molecule has 1 aliphatic rings. The highest BCUT2D eigenvalue weighted by Crippen LogP contribution is 2.39. The Balaban J connectivity index is 2.07. The van der Waals surface area contributed by atoms with Crippen LogP contribution >= 0.6 is 0 Å². The Bertz CT molecular complexity index is 821. The SMILES string of the molecule is CC1CC(=C(c2ccc(O)cc2)c2ccc(C#CCO)cc2)CC(C)C1. The summed E-state index contributed by atoms with van der Waals surface area (Å²) in [4.78, 5) is 0. The quantitative estimate of drug-likeness (QED) is 0.752. The number of allylic oxidation sites excluding steroid dienone is 1. The number of phenols is 1. The van der Waals surface area contributed by atoms with E-state index in [1.165, 1.54) is 23.1 Å². The van der Waals surface area contributed by atoms with Gasteiger partial charge in [-0.05, 0) is 72.1 Å². The summed E-state index contributed by atoms with van der Waals surface area (Å²) in [6, 6.07) is 15.8. The van der Waals surface area contributed by atoms with Crippen molar-refractivity contribution in [2.45, 2.75) is 33.1 Å². The third kappa shape index (κ3) is 4.36. The van der Waals surface area contributed by atoms with Gasteiger partial charge in [0.15, 0.2) is 0 Å². The van der Waals surface area contributed by atoms with Gasteiger partial charge >= 0.3 is 0 Å². The molecule has 134 valence electrons. The Morgan fingerprint density at radius 2 is 1.46 bits per heavy atom. The van der Waals surface area contributed by atoms with Crippen LogP contribution in [0.5, 0.6) is 5.75 Å². The van der Waals surface area contributed by atoms with E-state index in [9.17, 15) is 5.11 Å². The van der Waals surface area contributed by atoms with Crippen molar-refractivity contribution in [3.8, 4) is 17.6 Å². The number of aliphatic hydroxyl groups is 1. The lowest BCUT2D eigenvalue weighted by Crippen LogP contribution is -2.14. The molecule has 0 saturated heterocycles. The zero-order chi connectivity index (χ0) is 18.5. The van der Waals surface area contributed by atoms with E-state index in [2.05, 4.69) is 37.8 Å². The van der Waals surface area contributed by atoms with Gasteiger partial charge in [0, 0.05) is 5.56 Å². The molecule has 0 bridgehead atoms. The number of phenolic OH excluding ortho intramolecular Hbond substituents is 1. The predicted molar refractivity (Wildman–Crippen MR) is 107 cm³/mol. The van der Waals surface area contributed by atoms with Crippen molar-refractivity contribution in [3.63, 3.8) is 0 Å². The summed E-state index contributed by atoms with van der Waals surface area (Å²) in [6.45, 7) is 4.54. The Kier molecular flexibility index (Phi) is 5.81. The molecule has 1 aliphatic carbocycles. The van der Waals surface area contributed by atoms with Crippen LogP contribution in [0.2, 0.25) is 0 Å². The Hall–Kier alpha value is -2.50. The van der Waals surface area contributed by atoms with Gasteiger partial charge in [-0.1, -0.05) is 55.5 Å². The minimum Gasteiger partial charge on any atom is -0.508 e. The fraction of sp³-hybridized carbons (Fsp3) is 0.333. The predicted octanol–water partition coefficient (Wildman–Crippen LogP) is 4.99. The summed E-state index contributed by atoms with van der Waals surface area (Å²) in [6.07, 6.45) is 3.52. The van der Waals surface area contributed by atoms with Crippen molar-refractivity contribution in [2.24, 2.45) is 11.8 Å². The number of aliphatic hydroxyl groups excluding tert-OH is 1. The van der Waals surface area contributed by atoms with Gasteiger partial charge < -0.3 is 10.2 Å². The molecule has 1 saturated carbocycles. The highest BCUT2D eigenvalue weighted by atomic mass is 16.3. The van der Waals surface area contributed by atoms with Crippen LogP contribution in [0.1, 0.15) is 49.8 Å². The van der Waals surface area contributed by atoms with E-state index in [1.807, 2.05) is 24.3 Å². The van der Waals surface area contributed by atoms with E-state index in [0.717, 1.165) is 24.0 Å². The lowest BCUT2D eigenvalue weighted by atomic mass is 9.76. The number of hydrogen-bond donors (Lipinski definition) is 2. The molecule has 0 radical (unpaired) electrons. The van der Waals surface area contributed by atoms with Crippen molar-refractivity contribution >= 4 is 5.57 Å². The van der Waals surface area contributed by atoms with E-state index in [-0.39, 0.29) is 12.4 Å². The number of hydrogen-bond acceptors (Lipinski definition) is 2. The first kappa shape index (κ1) is 18.3. The molecule has 2 aromatic carbocycles. The summed E-state index contributed by atoms with van der Waals surface area (Å²) in [7, 11) is 0. The number of rotatable bonds is 2. The Labute approximate surface area is 156 Å². The Morgan fingerprint density at radius 3 is 2.00 bits per heavy atom. The number of benzene rings is 2. The molecule has 0 heterocycles. The molecule has 1 fully saturated rings. The van der Waals surface area contributed by atoms with E-state index in [4.69, 9.17) is 5.11 Å². The summed E-state index contributed by atoms with van der Waals surface area (Å²) >= 11 is 0. The second kappa shape index (κ2) is 8.25. The summed E-state index contributed by atoms with van der Waals surface area (Å²) in [5, 5.41) is 18.5. The van der Waals surface area contributed by atoms with E-state index >= 15 is 0 Å². The van der Waals surface area contributed by atoms with Gasteiger partial charge in [-0.2, -0.15) is 0 Å². The van der Waals surface area contributed by atoms with Crippen LogP contribution in [0.3, 0.4) is 0 Å². The van der Waals surface area contributed by atoms with Gasteiger partial charge in [-0.25, -0.2) is 0 Å². The zero-order valence-electron chi connectivity index (χ0n) is 15.5. The molecular formula is C24H26O2. The van der Waals surface area contributed by atoms with Crippen LogP contribution in [0.15, 0.2) is 54.1 Å². The van der Waals surface area contributed by atoms with Crippen molar-refractivity contribution < 1.29 is 10.2 Å². The first-order chi connectivity index (χ1) is 12.6. The monoisotopic (exact) mass is 346 g/mol. The van der Waals surface area contributed by atoms with Crippen LogP contribution in [0.25, 0.3) is 5.57 Å². The van der Waals surface area contributed by atoms with Crippen LogP contribution in [0, 0.1) is 23.7 Å². The molecule has 26 heavy (non-hydrogen) atoms. The molecule has 0 spiro atoms. The standard InChI is InChI=1S/C24H26O2/c1-17-14-18(2)16-22(15-17)24(21-9-11-23(26)12-10-21)20-7-5-19(6-8-20)4-3-13-25/h5-12,17-18,25-26H,13-16H2,1-2H3. The average Bonchev–Trinajstić information content (AvgIpc) is 2.62. The van der Waals surface area contributed by atoms with Gasteiger partial charge in [-0.3, -0.25) is 0 Å². The second-order valence-electron chi connectivity index (χ2n) is 7.42. The fourth-order valence-corrected chi connectivity index (χ4v) is 4.05. The van der Waals surface area contributed by atoms with Crippen LogP contribution in [-0.4, -0.2) is 16.8 Å². The van der Waals surface area contributed by atoms with Crippen molar-refractivity contribution in [1.82, 2.24) is 0 Å². The summed E-state index contributed by atoms with van der Waals surface area (Å²) < 4.78 is 0. The van der Waals surface area contributed by atoms with Gasteiger partial charge in [-0.15, -0.1) is 0 Å². The van der Waals surface area contributed by atoms with Gasteiger partial charge in [0.25, 0.3) is 0 Å². The molecule has 3 rings (SSSR count). The molecule has 2 aromatic rings. The van der Waals surface area contributed by atoms with Crippen molar-refractivity contribution in [3.05, 3.63) is 70.8 Å². The zero-order valence-corrected chi connectivity index (χ0v) is 15.5. The molecule has 2 unspecified atom stereocenters. The minimum atomic E-state index is -0.125. The first-order valence-electron chi connectivity index (χ1n) is 9.28. The highest BCUT2D eigenvalue weighted by Gasteiger charge is 2.23. The molecule has 0 amide bonds. The maximum atomic E-state index is 9.67. The van der Waals surface area contributed by atoms with Crippen LogP contribution in [-0.2, 0) is 0 Å². The highest BCUT2D eigenvalue weighted by molar-refractivity contribution is 5.82. The van der Waals surface area contributed by atoms with Gasteiger partial charge in [0.2, 0.25) is 0 Å². The van der Waals surface area contributed by atoms with Crippen LogP contribution in [0.4, 0.5) is 0 Å². The summed E-state index contributed by atoms with van der Waals surface area (Å²) in [5.41, 5.74) is 6.01. The van der Waals surface area contributed by atoms with E-state index < -0.39 is 0 Å². The molecule has 0 aromatic heterocycles. The molecule has 2 N–H and O–H groups in total. The molecule has 2 atom stereocenters. The normalized spacial score (nSPS) is 19.6. The third-order valence-electron chi connectivity index (χ3n) is 4.99. The second-order valence-corrected chi connectivity index (χ2v) is 7.42. The topological polar surface area (TPSA) is 40.5 Å². The largest absolute Gasteiger partial charge is 0.508 e. The maximum absolute atomic E-state index is 9.67. The first-order valence-corrected chi connectivity index (χ1v) is 9.28. The molecule has 0 aliphatic heterocycles. The fourth-order valence-electron chi connectivity index (χ4n) is 4.05. The van der Waals surface area contributed by atoms with Crippen molar-refractivity contribution in [1.29, 1.82) is 0 Å². The molecule has 2 nitrogen and oxygen atoms in total. The summed E-state index contributed by atoms with van der Waals surface area (Å²) in [5.74, 6) is 7.31. The molecule has 2 heteroatoms. The number of aromatic hydroxyl groups is 1. The lowest BCUT2D eigenvalue weighted by Gasteiger charge is -2.29. The maximum Gasteiger partial charge on any atom is 0.115 e.